The fourth-order valence-corrected chi connectivity index (χ4v) is 2.60. The van der Waals surface area contributed by atoms with Crippen molar-refractivity contribution in [1.82, 2.24) is 4.98 Å². The van der Waals surface area contributed by atoms with Crippen LogP contribution in [-0.2, 0) is 6.54 Å². The largest absolute Gasteiger partial charge is 0.477 e. The molecule has 0 atom stereocenters. The lowest BCUT2D eigenvalue weighted by Gasteiger charge is -2.15. The molecule has 4 nitrogen and oxygen atoms in total. The molecule has 0 unspecified atom stereocenters. The van der Waals surface area contributed by atoms with E-state index in [0.717, 1.165) is 16.9 Å². The average molecular weight is 301 g/mol. The summed E-state index contributed by atoms with van der Waals surface area (Å²) in [5, 5.41) is 9.40. The molecular weight excluding hydrogens is 291 g/mol. The zero-order valence-electron chi connectivity index (χ0n) is 9.93. The molecular formula is C12H10ClFN2O2S. The van der Waals surface area contributed by atoms with Gasteiger partial charge in [-0.15, -0.1) is 0 Å². The normalized spacial score (nSPS) is 10.5. The second-order valence-electron chi connectivity index (χ2n) is 3.90. The molecule has 19 heavy (non-hydrogen) atoms. The third-order valence-electron chi connectivity index (χ3n) is 2.43. The number of hydrogen-bond donors (Lipinski definition) is 1. The second-order valence-corrected chi connectivity index (χ2v) is 5.24. The van der Waals surface area contributed by atoms with Gasteiger partial charge in [-0.3, -0.25) is 0 Å². The number of benzene rings is 1. The minimum Gasteiger partial charge on any atom is -0.477 e. The zero-order chi connectivity index (χ0) is 14.0. The highest BCUT2D eigenvalue weighted by molar-refractivity contribution is 7.18. The molecule has 0 spiro atoms. The van der Waals surface area contributed by atoms with Gasteiger partial charge in [-0.05, 0) is 17.7 Å². The van der Waals surface area contributed by atoms with Gasteiger partial charge in [-0.1, -0.05) is 35.1 Å². The van der Waals surface area contributed by atoms with Crippen molar-refractivity contribution in [2.75, 3.05) is 11.9 Å². The lowest BCUT2D eigenvalue weighted by molar-refractivity contribution is 0.0702. The predicted molar refractivity (Wildman–Crippen MR) is 72.6 cm³/mol. The fourth-order valence-electron chi connectivity index (χ4n) is 1.52. The molecule has 1 aromatic carbocycles. The SMILES string of the molecule is CN(Cc1ccc(F)cc1)c1nc(Cl)c(C(=O)O)s1. The maximum atomic E-state index is 12.8. The quantitative estimate of drug-likeness (QED) is 0.941. The van der Waals surface area contributed by atoms with Crippen LogP contribution in [0.2, 0.25) is 5.15 Å². The maximum Gasteiger partial charge on any atom is 0.349 e. The molecule has 0 amide bonds. The van der Waals surface area contributed by atoms with E-state index in [0.29, 0.717) is 11.7 Å². The number of aromatic carboxylic acids is 1. The van der Waals surface area contributed by atoms with Crippen molar-refractivity contribution in [1.29, 1.82) is 0 Å². The Hall–Kier alpha value is -1.66. The number of rotatable bonds is 4. The molecule has 2 rings (SSSR count). The minimum absolute atomic E-state index is 0.0153. The van der Waals surface area contributed by atoms with Crippen LogP contribution in [-0.4, -0.2) is 23.1 Å². The van der Waals surface area contributed by atoms with E-state index in [1.54, 1.807) is 24.1 Å². The summed E-state index contributed by atoms with van der Waals surface area (Å²) in [6.45, 7) is 0.489. The van der Waals surface area contributed by atoms with Gasteiger partial charge in [0, 0.05) is 13.6 Å². The first-order valence-corrected chi connectivity index (χ1v) is 6.52. The molecule has 0 aliphatic heterocycles. The molecule has 7 heteroatoms. The molecule has 1 heterocycles. The Morgan fingerprint density at radius 2 is 2.11 bits per heavy atom. The highest BCUT2D eigenvalue weighted by Gasteiger charge is 2.17. The summed E-state index contributed by atoms with van der Waals surface area (Å²) in [5.41, 5.74) is 0.895. The Balaban J connectivity index is 2.15. The summed E-state index contributed by atoms with van der Waals surface area (Å²) in [4.78, 5) is 16.7. The monoisotopic (exact) mass is 300 g/mol. The highest BCUT2D eigenvalue weighted by atomic mass is 35.5. The van der Waals surface area contributed by atoms with Crippen molar-refractivity contribution < 1.29 is 14.3 Å². The Morgan fingerprint density at radius 1 is 1.47 bits per heavy atom. The number of carbonyl (C=O) groups is 1. The van der Waals surface area contributed by atoms with Crippen molar-refractivity contribution in [2.24, 2.45) is 0 Å². The molecule has 0 fully saturated rings. The molecule has 0 bridgehead atoms. The molecule has 0 radical (unpaired) electrons. The Kier molecular flexibility index (Phi) is 4.01. The van der Waals surface area contributed by atoms with Crippen molar-refractivity contribution in [3.05, 3.63) is 45.7 Å². The van der Waals surface area contributed by atoms with E-state index in [2.05, 4.69) is 4.98 Å². The summed E-state index contributed by atoms with van der Waals surface area (Å²) < 4.78 is 12.8. The minimum atomic E-state index is -1.09. The van der Waals surface area contributed by atoms with Gasteiger partial charge in [0.25, 0.3) is 0 Å². The first-order chi connectivity index (χ1) is 8.97. The number of anilines is 1. The number of thiazole rings is 1. The first kappa shape index (κ1) is 13.8. The van der Waals surface area contributed by atoms with E-state index >= 15 is 0 Å². The van der Waals surface area contributed by atoms with Crippen LogP contribution in [0, 0.1) is 5.82 Å². The third-order valence-corrected chi connectivity index (χ3v) is 3.97. The van der Waals surface area contributed by atoms with E-state index in [4.69, 9.17) is 16.7 Å². The Bertz CT molecular complexity index is 600. The molecule has 1 aromatic heterocycles. The van der Waals surface area contributed by atoms with Crippen LogP contribution in [0.5, 0.6) is 0 Å². The number of nitrogens with zero attached hydrogens (tertiary/aromatic N) is 2. The smallest absolute Gasteiger partial charge is 0.349 e. The van der Waals surface area contributed by atoms with Crippen LogP contribution >= 0.6 is 22.9 Å². The van der Waals surface area contributed by atoms with Crippen LogP contribution < -0.4 is 4.90 Å². The van der Waals surface area contributed by atoms with E-state index < -0.39 is 5.97 Å². The summed E-state index contributed by atoms with van der Waals surface area (Å²) in [7, 11) is 1.77. The van der Waals surface area contributed by atoms with Gasteiger partial charge < -0.3 is 10.0 Å². The average Bonchev–Trinajstić information content (AvgIpc) is 2.74. The predicted octanol–water partition coefficient (Wildman–Crippen LogP) is 3.27. The van der Waals surface area contributed by atoms with Gasteiger partial charge in [-0.25, -0.2) is 14.2 Å². The molecule has 1 N–H and O–H groups in total. The Labute approximate surface area is 118 Å². The van der Waals surface area contributed by atoms with Crippen LogP contribution in [0.25, 0.3) is 0 Å². The van der Waals surface area contributed by atoms with E-state index in [9.17, 15) is 9.18 Å². The van der Waals surface area contributed by atoms with Crippen molar-refractivity contribution in [2.45, 2.75) is 6.54 Å². The number of halogens is 2. The highest BCUT2D eigenvalue weighted by Crippen LogP contribution is 2.29. The number of aromatic nitrogens is 1. The molecule has 0 aliphatic rings. The maximum absolute atomic E-state index is 12.8. The van der Waals surface area contributed by atoms with Crippen molar-refractivity contribution in [3.8, 4) is 0 Å². The van der Waals surface area contributed by atoms with E-state index in [1.165, 1.54) is 12.1 Å². The summed E-state index contributed by atoms with van der Waals surface area (Å²) in [5.74, 6) is -1.39. The fraction of sp³-hybridized carbons (Fsp3) is 0.167. The van der Waals surface area contributed by atoms with Crippen molar-refractivity contribution >= 4 is 34.0 Å². The summed E-state index contributed by atoms with van der Waals surface area (Å²) >= 11 is 6.76. The van der Waals surface area contributed by atoms with Gasteiger partial charge in [-0.2, -0.15) is 0 Å². The number of carboxylic acid groups (broad SMARTS) is 1. The van der Waals surface area contributed by atoms with Crippen molar-refractivity contribution in [3.63, 3.8) is 0 Å². The number of carboxylic acids is 1. The van der Waals surface area contributed by atoms with Gasteiger partial charge >= 0.3 is 5.97 Å². The van der Waals surface area contributed by atoms with E-state index in [1.807, 2.05) is 0 Å². The van der Waals surface area contributed by atoms with Gasteiger partial charge in [0.05, 0.1) is 0 Å². The van der Waals surface area contributed by atoms with Gasteiger partial charge in [0.1, 0.15) is 5.82 Å². The molecule has 0 aliphatic carbocycles. The summed E-state index contributed by atoms with van der Waals surface area (Å²) in [6, 6.07) is 6.08. The standard InChI is InChI=1S/C12H10ClFN2O2S/c1-16(6-7-2-4-8(14)5-3-7)12-15-10(13)9(19-12)11(17)18/h2-5H,6H2,1H3,(H,17,18). The van der Waals surface area contributed by atoms with Crippen LogP contribution in [0.4, 0.5) is 9.52 Å². The van der Waals surface area contributed by atoms with Gasteiger partial charge in [0.2, 0.25) is 0 Å². The lowest BCUT2D eigenvalue weighted by atomic mass is 10.2. The van der Waals surface area contributed by atoms with E-state index in [-0.39, 0.29) is 15.8 Å². The first-order valence-electron chi connectivity index (χ1n) is 5.32. The van der Waals surface area contributed by atoms with Crippen LogP contribution in [0.1, 0.15) is 15.2 Å². The molecule has 0 saturated carbocycles. The topological polar surface area (TPSA) is 53.4 Å². The second kappa shape index (κ2) is 5.54. The van der Waals surface area contributed by atoms with Crippen LogP contribution in [0.15, 0.2) is 24.3 Å². The van der Waals surface area contributed by atoms with Crippen LogP contribution in [0.3, 0.4) is 0 Å². The summed E-state index contributed by atoms with van der Waals surface area (Å²) in [6.07, 6.45) is 0. The molecule has 2 aromatic rings. The molecule has 100 valence electrons. The third kappa shape index (κ3) is 3.21. The zero-order valence-corrected chi connectivity index (χ0v) is 11.5. The lowest BCUT2D eigenvalue weighted by Crippen LogP contribution is -2.15. The van der Waals surface area contributed by atoms with Gasteiger partial charge in [0.15, 0.2) is 15.2 Å². The number of hydrogen-bond acceptors (Lipinski definition) is 4. The molecule has 0 saturated heterocycles. The Morgan fingerprint density at radius 3 is 2.63 bits per heavy atom.